The number of halogens is 3. The minimum atomic E-state index is -2.98. The van der Waals surface area contributed by atoms with Gasteiger partial charge in [0.15, 0.2) is 11.7 Å². The standard InChI is InChI=1S/CHF3NS/c2-5-1-6(3)4/h1H. The van der Waals surface area contributed by atoms with Gasteiger partial charge in [-0.3, -0.25) is 0 Å². The maximum Gasteiger partial charge on any atom is 0.189 e. The lowest BCUT2D eigenvalue weighted by atomic mass is 11.7. The predicted molar refractivity (Wildman–Crippen MR) is 19.4 cm³/mol. The van der Waals surface area contributed by atoms with E-state index >= 15 is 0 Å². The van der Waals surface area contributed by atoms with Crippen molar-refractivity contribution in [2.24, 2.45) is 5.21 Å². The summed E-state index contributed by atoms with van der Waals surface area (Å²) in [6, 6.07) is 0. The summed E-state index contributed by atoms with van der Waals surface area (Å²) in [7, 11) is 0. The molecular weight excluding hydrogens is 115 g/mol. The Labute approximate surface area is 35.7 Å². The highest BCUT2D eigenvalue weighted by molar-refractivity contribution is 8.20. The maximum absolute atomic E-state index is 10.7. The average Bonchev–Trinajstić information content (AvgIpc) is 1.35. The molecule has 0 aromatic rings. The van der Waals surface area contributed by atoms with Crippen LogP contribution in [-0.2, 0) is 0 Å². The second-order valence-corrected chi connectivity index (χ2v) is 1.12. The highest BCUT2D eigenvalue weighted by atomic mass is 32.3. The topological polar surface area (TPSA) is 12.4 Å². The van der Waals surface area contributed by atoms with Crippen LogP contribution in [0.1, 0.15) is 0 Å². The van der Waals surface area contributed by atoms with Crippen molar-refractivity contribution in [3.8, 4) is 0 Å². The Morgan fingerprint density at radius 2 is 2.00 bits per heavy atom. The van der Waals surface area contributed by atoms with Crippen LogP contribution in [0.4, 0.5) is 12.3 Å². The summed E-state index contributed by atoms with van der Waals surface area (Å²) in [5.74, 6) is 0. The molecule has 0 aliphatic heterocycles. The maximum atomic E-state index is 10.7. The van der Waals surface area contributed by atoms with Gasteiger partial charge in [-0.25, -0.2) is 0 Å². The summed E-state index contributed by atoms with van der Waals surface area (Å²) in [6.07, 6.45) is 0. The Morgan fingerprint density at radius 3 is 2.00 bits per heavy atom. The lowest BCUT2D eigenvalue weighted by Gasteiger charge is -1.75. The zero-order chi connectivity index (χ0) is 4.99. The zero-order valence-corrected chi connectivity index (χ0v) is 3.38. The van der Waals surface area contributed by atoms with Crippen LogP contribution in [0.5, 0.6) is 0 Å². The monoisotopic (exact) mass is 116 g/mol. The van der Waals surface area contributed by atoms with Crippen molar-refractivity contribution in [1.82, 2.24) is 0 Å². The summed E-state index contributed by atoms with van der Waals surface area (Å²) < 4.78 is 31.7. The van der Waals surface area contributed by atoms with Crippen molar-refractivity contribution < 1.29 is 12.3 Å². The second kappa shape index (κ2) is 3.02. The van der Waals surface area contributed by atoms with Gasteiger partial charge in [0.25, 0.3) is 0 Å². The van der Waals surface area contributed by atoms with Gasteiger partial charge in [-0.05, 0) is 0 Å². The quantitative estimate of drug-likeness (QED) is 0.366. The van der Waals surface area contributed by atoms with E-state index in [-0.39, 0.29) is 5.55 Å². The van der Waals surface area contributed by atoms with Crippen LogP contribution < -0.4 is 0 Å². The molecule has 0 amide bonds. The van der Waals surface area contributed by atoms with Crippen molar-refractivity contribution in [1.29, 1.82) is 0 Å². The van der Waals surface area contributed by atoms with E-state index in [1.54, 1.807) is 5.21 Å². The van der Waals surface area contributed by atoms with Gasteiger partial charge in [0, 0.05) is 0 Å². The third kappa shape index (κ3) is 3.81. The normalized spacial score (nSPS) is 11.3. The minimum Gasteiger partial charge on any atom is -0.137 e. The van der Waals surface area contributed by atoms with Crippen LogP contribution >= 0.6 is 11.7 Å². The molecular formula is CHF3NS. The SMILES string of the molecule is FN=C[S](F)F. The van der Waals surface area contributed by atoms with Gasteiger partial charge < -0.3 is 0 Å². The van der Waals surface area contributed by atoms with Crippen LogP contribution in [0.3, 0.4) is 0 Å². The van der Waals surface area contributed by atoms with Crippen LogP contribution in [0, 0.1) is 0 Å². The number of nitrogens with zero attached hydrogens (tertiary/aromatic N) is 1. The summed E-state index contributed by atoms with van der Waals surface area (Å²) >= 11 is -2.98. The molecule has 0 N–H and O–H groups in total. The second-order valence-electron chi connectivity index (χ2n) is 0.439. The Hall–Kier alpha value is -0.190. The Morgan fingerprint density at radius 1 is 1.50 bits per heavy atom. The summed E-state index contributed by atoms with van der Waals surface area (Å²) in [6.45, 7) is 0. The molecule has 0 unspecified atom stereocenters. The number of hydrogen-bond donors (Lipinski definition) is 0. The van der Waals surface area contributed by atoms with Crippen molar-refractivity contribution >= 4 is 17.2 Å². The molecule has 37 valence electrons. The van der Waals surface area contributed by atoms with E-state index in [9.17, 15) is 12.3 Å². The molecule has 6 heavy (non-hydrogen) atoms. The molecule has 0 saturated carbocycles. The van der Waals surface area contributed by atoms with Gasteiger partial charge in [-0.2, -0.15) is 0 Å². The lowest BCUT2D eigenvalue weighted by Crippen LogP contribution is -1.54. The first-order chi connectivity index (χ1) is 2.77. The Kier molecular flexibility index (Phi) is 2.92. The van der Waals surface area contributed by atoms with E-state index in [0.717, 1.165) is 0 Å². The summed E-state index contributed by atoms with van der Waals surface area (Å²) in [5, 5.41) is 1.57. The van der Waals surface area contributed by atoms with E-state index in [2.05, 4.69) is 0 Å². The van der Waals surface area contributed by atoms with Gasteiger partial charge in [0.1, 0.15) is 5.55 Å². The van der Waals surface area contributed by atoms with Gasteiger partial charge in [-0.1, -0.05) is 9.70 Å². The van der Waals surface area contributed by atoms with Gasteiger partial charge >= 0.3 is 0 Å². The molecule has 0 aliphatic carbocycles. The van der Waals surface area contributed by atoms with Crippen LogP contribution in [0.2, 0.25) is 0 Å². The third-order valence-electron chi connectivity index (χ3n) is 0.120. The fourth-order valence-corrected chi connectivity index (χ4v) is 0.0904. The van der Waals surface area contributed by atoms with Gasteiger partial charge in [0.2, 0.25) is 0 Å². The minimum absolute atomic E-state index is 0.0556. The predicted octanol–water partition coefficient (Wildman–Crippen LogP) is 1.94. The van der Waals surface area contributed by atoms with E-state index in [0.29, 0.717) is 0 Å². The number of hydrogen-bond acceptors (Lipinski definition) is 1. The molecule has 0 heterocycles. The van der Waals surface area contributed by atoms with E-state index in [1.165, 1.54) is 0 Å². The number of rotatable bonds is 1. The lowest BCUT2D eigenvalue weighted by molar-refractivity contribution is 0.542. The molecule has 1 radical (unpaired) electrons. The Bertz CT molecular complexity index is 52.8. The molecule has 5 heteroatoms. The molecule has 0 atom stereocenters. The molecule has 0 saturated heterocycles. The van der Waals surface area contributed by atoms with Crippen LogP contribution in [0.15, 0.2) is 5.21 Å². The molecule has 0 rings (SSSR count). The Balaban J connectivity index is 3.03. The van der Waals surface area contributed by atoms with Crippen molar-refractivity contribution in [3.63, 3.8) is 0 Å². The van der Waals surface area contributed by atoms with E-state index < -0.39 is 11.7 Å². The molecule has 0 bridgehead atoms. The molecule has 0 aromatic carbocycles. The van der Waals surface area contributed by atoms with Crippen LogP contribution in [0.25, 0.3) is 0 Å². The van der Waals surface area contributed by atoms with Crippen molar-refractivity contribution in [2.75, 3.05) is 0 Å². The molecule has 0 aromatic heterocycles. The first-order valence-corrected chi connectivity index (χ1v) is 2.06. The smallest absolute Gasteiger partial charge is 0.137 e. The fraction of sp³-hybridized carbons (Fsp3) is 0. The third-order valence-corrected chi connectivity index (χ3v) is 0.359. The van der Waals surface area contributed by atoms with E-state index in [1.807, 2.05) is 0 Å². The summed E-state index contributed by atoms with van der Waals surface area (Å²) in [4.78, 5) is 0. The van der Waals surface area contributed by atoms with Crippen molar-refractivity contribution in [2.45, 2.75) is 0 Å². The average molecular weight is 116 g/mol. The first kappa shape index (κ1) is 5.81. The largest absolute Gasteiger partial charge is 0.189 e. The molecule has 0 fully saturated rings. The van der Waals surface area contributed by atoms with E-state index in [4.69, 9.17) is 0 Å². The van der Waals surface area contributed by atoms with Gasteiger partial charge in [-0.15, -0.1) is 7.77 Å². The molecule has 1 nitrogen and oxygen atoms in total. The van der Waals surface area contributed by atoms with Crippen molar-refractivity contribution in [3.05, 3.63) is 0 Å². The highest BCUT2D eigenvalue weighted by Gasteiger charge is 1.89. The first-order valence-electron chi connectivity index (χ1n) is 0.972. The molecule has 0 spiro atoms. The zero-order valence-electron chi connectivity index (χ0n) is 2.57. The highest BCUT2D eigenvalue weighted by Crippen LogP contribution is 2.22. The fourth-order valence-electron chi connectivity index (χ4n) is 0.0301. The van der Waals surface area contributed by atoms with Crippen LogP contribution in [-0.4, -0.2) is 5.55 Å². The molecule has 0 aliphatic rings. The van der Waals surface area contributed by atoms with Gasteiger partial charge in [0.05, 0.1) is 0 Å². The summed E-state index contributed by atoms with van der Waals surface area (Å²) in [5.41, 5.74) is -0.0556.